The van der Waals surface area contributed by atoms with E-state index in [1.54, 1.807) is 19.1 Å². The van der Waals surface area contributed by atoms with Crippen LogP contribution in [0.2, 0.25) is 0 Å². The summed E-state index contributed by atoms with van der Waals surface area (Å²) in [5, 5.41) is 0. The number of benzene rings is 1. The molecule has 0 aliphatic heterocycles. The maximum Gasteiger partial charge on any atom is 0.182 e. The van der Waals surface area contributed by atoms with Crippen molar-refractivity contribution in [3.8, 4) is 0 Å². The van der Waals surface area contributed by atoms with Crippen LogP contribution in [0.3, 0.4) is 0 Å². The SMILES string of the molecule is C=C(C)CS(=O)(=O)c1ccc(C(=O)CC(C)C)cc1. The predicted molar refractivity (Wildman–Crippen MR) is 77.1 cm³/mol. The van der Waals surface area contributed by atoms with Crippen molar-refractivity contribution in [3.63, 3.8) is 0 Å². The third-order valence-electron chi connectivity index (χ3n) is 2.57. The van der Waals surface area contributed by atoms with E-state index >= 15 is 0 Å². The zero-order valence-electron chi connectivity index (χ0n) is 11.6. The second-order valence-electron chi connectivity index (χ2n) is 5.26. The molecule has 0 amide bonds. The van der Waals surface area contributed by atoms with Gasteiger partial charge in [-0.1, -0.05) is 38.1 Å². The number of carbonyl (C=O) groups is 1. The molecule has 0 aliphatic rings. The molecule has 0 N–H and O–H groups in total. The monoisotopic (exact) mass is 280 g/mol. The lowest BCUT2D eigenvalue weighted by atomic mass is 10.0. The van der Waals surface area contributed by atoms with Gasteiger partial charge < -0.3 is 0 Å². The first-order valence-electron chi connectivity index (χ1n) is 6.23. The molecular formula is C15H20O3S. The first kappa shape index (κ1) is 15.6. The van der Waals surface area contributed by atoms with Gasteiger partial charge in [-0.2, -0.15) is 0 Å². The molecule has 0 unspecified atom stereocenters. The van der Waals surface area contributed by atoms with E-state index in [0.717, 1.165) is 0 Å². The van der Waals surface area contributed by atoms with Gasteiger partial charge in [0.25, 0.3) is 0 Å². The average Bonchev–Trinajstić information content (AvgIpc) is 2.26. The Morgan fingerprint density at radius 2 is 1.74 bits per heavy atom. The van der Waals surface area contributed by atoms with Crippen LogP contribution in [0.25, 0.3) is 0 Å². The van der Waals surface area contributed by atoms with Crippen LogP contribution < -0.4 is 0 Å². The molecular weight excluding hydrogens is 260 g/mol. The number of rotatable bonds is 6. The van der Waals surface area contributed by atoms with Crippen molar-refractivity contribution in [2.75, 3.05) is 5.75 Å². The molecule has 1 aromatic carbocycles. The van der Waals surface area contributed by atoms with Crippen LogP contribution in [0, 0.1) is 5.92 Å². The molecule has 104 valence electrons. The molecule has 3 nitrogen and oxygen atoms in total. The molecule has 19 heavy (non-hydrogen) atoms. The lowest BCUT2D eigenvalue weighted by molar-refractivity contribution is 0.0968. The summed E-state index contributed by atoms with van der Waals surface area (Å²) in [4.78, 5) is 12.1. The second-order valence-corrected chi connectivity index (χ2v) is 7.25. The number of sulfone groups is 1. The van der Waals surface area contributed by atoms with Crippen LogP contribution in [0.5, 0.6) is 0 Å². The van der Waals surface area contributed by atoms with Crippen LogP contribution in [0.1, 0.15) is 37.6 Å². The van der Waals surface area contributed by atoms with Gasteiger partial charge in [0.15, 0.2) is 15.6 Å². The standard InChI is InChI=1S/C15H20O3S/c1-11(2)9-15(16)13-5-7-14(8-6-13)19(17,18)10-12(3)4/h5-8,11H,3,9-10H2,1-2,4H3. The molecule has 0 saturated heterocycles. The average molecular weight is 280 g/mol. The van der Waals surface area contributed by atoms with Crippen molar-refractivity contribution < 1.29 is 13.2 Å². The smallest absolute Gasteiger partial charge is 0.182 e. The lowest BCUT2D eigenvalue weighted by Crippen LogP contribution is -2.08. The van der Waals surface area contributed by atoms with Gasteiger partial charge in [-0.3, -0.25) is 4.79 Å². The van der Waals surface area contributed by atoms with E-state index in [9.17, 15) is 13.2 Å². The van der Waals surface area contributed by atoms with Crippen molar-refractivity contribution in [2.45, 2.75) is 32.1 Å². The Balaban J connectivity index is 2.94. The van der Waals surface area contributed by atoms with Crippen LogP contribution in [-0.4, -0.2) is 20.0 Å². The van der Waals surface area contributed by atoms with Crippen molar-refractivity contribution in [2.24, 2.45) is 5.92 Å². The fourth-order valence-electron chi connectivity index (χ4n) is 1.74. The fraction of sp³-hybridized carbons (Fsp3) is 0.400. The molecule has 0 atom stereocenters. The van der Waals surface area contributed by atoms with Crippen molar-refractivity contribution in [1.29, 1.82) is 0 Å². The first-order chi connectivity index (χ1) is 8.72. The van der Waals surface area contributed by atoms with Gasteiger partial charge in [0.05, 0.1) is 10.6 Å². The third-order valence-corrected chi connectivity index (χ3v) is 4.43. The van der Waals surface area contributed by atoms with E-state index in [-0.39, 0.29) is 16.4 Å². The minimum Gasteiger partial charge on any atom is -0.294 e. The van der Waals surface area contributed by atoms with Crippen molar-refractivity contribution in [3.05, 3.63) is 42.0 Å². The Morgan fingerprint density at radius 1 is 1.21 bits per heavy atom. The summed E-state index contributed by atoms with van der Waals surface area (Å²) in [6.45, 7) is 9.24. The van der Waals surface area contributed by atoms with Gasteiger partial charge in [-0.25, -0.2) is 8.42 Å². The first-order valence-corrected chi connectivity index (χ1v) is 7.88. The van der Waals surface area contributed by atoms with Gasteiger partial charge in [-0.15, -0.1) is 0 Å². The highest BCUT2D eigenvalue weighted by Crippen LogP contribution is 2.16. The topological polar surface area (TPSA) is 51.2 Å². The Labute approximate surface area is 115 Å². The molecule has 1 rings (SSSR count). The van der Waals surface area contributed by atoms with E-state index in [1.807, 2.05) is 13.8 Å². The normalized spacial score (nSPS) is 11.6. The Hall–Kier alpha value is -1.42. The van der Waals surface area contributed by atoms with Crippen LogP contribution in [0.15, 0.2) is 41.3 Å². The molecule has 0 radical (unpaired) electrons. The quantitative estimate of drug-likeness (QED) is 0.593. The van der Waals surface area contributed by atoms with Crippen LogP contribution in [-0.2, 0) is 9.84 Å². The van der Waals surface area contributed by atoms with Gasteiger partial charge in [-0.05, 0) is 25.0 Å². The largest absolute Gasteiger partial charge is 0.294 e. The molecule has 0 bridgehead atoms. The molecule has 0 spiro atoms. The Bertz CT molecular complexity index is 566. The Morgan fingerprint density at radius 3 is 2.16 bits per heavy atom. The van der Waals surface area contributed by atoms with E-state index in [4.69, 9.17) is 0 Å². The highest BCUT2D eigenvalue weighted by molar-refractivity contribution is 7.91. The van der Waals surface area contributed by atoms with Crippen LogP contribution >= 0.6 is 0 Å². The Kier molecular flexibility index (Phi) is 5.06. The van der Waals surface area contributed by atoms with Gasteiger partial charge in [0.2, 0.25) is 0 Å². The van der Waals surface area contributed by atoms with Crippen LogP contribution in [0.4, 0.5) is 0 Å². The number of hydrogen-bond acceptors (Lipinski definition) is 3. The predicted octanol–water partition coefficient (Wildman–Crippen LogP) is 3.27. The molecule has 0 heterocycles. The summed E-state index contributed by atoms with van der Waals surface area (Å²) < 4.78 is 23.9. The fourth-order valence-corrected chi connectivity index (χ4v) is 3.11. The summed E-state index contributed by atoms with van der Waals surface area (Å²) in [6.07, 6.45) is 0.470. The minimum absolute atomic E-state index is 0.0406. The van der Waals surface area contributed by atoms with E-state index in [1.165, 1.54) is 12.1 Å². The summed E-state index contributed by atoms with van der Waals surface area (Å²) >= 11 is 0. The molecule has 4 heteroatoms. The maximum atomic E-state index is 12.0. The number of Topliss-reactive ketones (excluding diaryl/α,β-unsaturated/α-hetero) is 1. The zero-order valence-corrected chi connectivity index (χ0v) is 12.5. The van der Waals surface area contributed by atoms with Crippen molar-refractivity contribution in [1.82, 2.24) is 0 Å². The molecule has 0 aliphatic carbocycles. The zero-order chi connectivity index (χ0) is 14.6. The summed E-state index contributed by atoms with van der Waals surface area (Å²) in [5.74, 6) is 0.268. The van der Waals surface area contributed by atoms with Gasteiger partial charge >= 0.3 is 0 Å². The third kappa shape index (κ3) is 4.63. The lowest BCUT2D eigenvalue weighted by Gasteiger charge is -2.06. The summed E-state index contributed by atoms with van der Waals surface area (Å²) in [7, 11) is -3.34. The minimum atomic E-state index is -3.34. The number of carbonyl (C=O) groups excluding carboxylic acids is 1. The molecule has 0 aromatic heterocycles. The molecule has 1 aromatic rings. The summed E-state index contributed by atoms with van der Waals surface area (Å²) in [5.41, 5.74) is 1.16. The van der Waals surface area contributed by atoms with Gasteiger partial charge in [0, 0.05) is 12.0 Å². The van der Waals surface area contributed by atoms with E-state index < -0.39 is 9.84 Å². The maximum absolute atomic E-state index is 12.0. The molecule has 0 saturated carbocycles. The summed E-state index contributed by atoms with van der Waals surface area (Å²) in [6, 6.07) is 6.14. The number of hydrogen-bond donors (Lipinski definition) is 0. The van der Waals surface area contributed by atoms with Crippen molar-refractivity contribution >= 4 is 15.6 Å². The second kappa shape index (κ2) is 6.15. The van der Waals surface area contributed by atoms with Gasteiger partial charge in [0.1, 0.15) is 0 Å². The number of ketones is 1. The van der Waals surface area contributed by atoms with E-state index in [0.29, 0.717) is 23.5 Å². The highest BCUT2D eigenvalue weighted by Gasteiger charge is 2.15. The molecule has 0 fully saturated rings. The van der Waals surface area contributed by atoms with E-state index in [2.05, 4.69) is 6.58 Å². The highest BCUT2D eigenvalue weighted by atomic mass is 32.2.